The van der Waals surface area contributed by atoms with Crippen LogP contribution in [0.2, 0.25) is 0 Å². The number of rotatable bonds is 6. The number of aryl methyl sites for hydroxylation is 2. The number of carbonyl (C=O) groups is 1. The zero-order valence-electron chi connectivity index (χ0n) is 16.5. The van der Waals surface area contributed by atoms with Crippen molar-refractivity contribution in [2.45, 2.75) is 44.0 Å². The summed E-state index contributed by atoms with van der Waals surface area (Å²) < 4.78 is 2.22. The van der Waals surface area contributed by atoms with Crippen LogP contribution in [0.1, 0.15) is 24.5 Å². The van der Waals surface area contributed by atoms with E-state index in [2.05, 4.69) is 32.3 Å². The van der Waals surface area contributed by atoms with Crippen LogP contribution in [0, 0.1) is 0 Å². The topological polar surface area (TPSA) is 84.2 Å². The van der Waals surface area contributed by atoms with E-state index in [-0.39, 0.29) is 23.8 Å². The highest BCUT2D eigenvalue weighted by molar-refractivity contribution is 9.10. The molecule has 156 valence electrons. The van der Waals surface area contributed by atoms with Gasteiger partial charge in [0.2, 0.25) is 5.91 Å². The van der Waals surface area contributed by atoms with Crippen LogP contribution in [0.25, 0.3) is 10.9 Å². The summed E-state index contributed by atoms with van der Waals surface area (Å²) in [5.41, 5.74) is 3.78. The van der Waals surface area contributed by atoms with Gasteiger partial charge in [-0.3, -0.25) is 14.2 Å². The van der Waals surface area contributed by atoms with Gasteiger partial charge in [-0.15, -0.1) is 0 Å². The van der Waals surface area contributed by atoms with Gasteiger partial charge in [0.05, 0.1) is 29.3 Å². The average Bonchev–Trinajstić information content (AvgIpc) is 3.17. The van der Waals surface area contributed by atoms with Crippen LogP contribution in [-0.2, 0) is 24.2 Å². The number of hydrogen-bond acceptors (Lipinski definition) is 5. The predicted octanol–water partition coefficient (Wildman–Crippen LogP) is 3.76. The number of fused-ring (bicyclic) bond motifs is 2. The van der Waals surface area contributed by atoms with Crippen molar-refractivity contribution >= 4 is 50.2 Å². The highest BCUT2D eigenvalue weighted by Gasteiger charge is 2.16. The number of hydrogen-bond donors (Lipinski definition) is 2. The van der Waals surface area contributed by atoms with E-state index < -0.39 is 6.10 Å². The number of nitrogens with one attached hydrogen (secondary N) is 1. The highest BCUT2D eigenvalue weighted by atomic mass is 79.9. The highest BCUT2D eigenvalue weighted by Crippen LogP contribution is 2.25. The van der Waals surface area contributed by atoms with Crippen LogP contribution in [-0.4, -0.2) is 32.4 Å². The molecule has 3 aromatic rings. The van der Waals surface area contributed by atoms with Crippen molar-refractivity contribution in [2.75, 3.05) is 11.1 Å². The molecular formula is C22H22BrN3O3S. The first-order valence-corrected chi connectivity index (χ1v) is 11.6. The average molecular weight is 488 g/mol. The van der Waals surface area contributed by atoms with Gasteiger partial charge in [0.15, 0.2) is 5.16 Å². The number of thioether (sulfide) groups is 1. The van der Waals surface area contributed by atoms with Crippen LogP contribution in [0.4, 0.5) is 5.69 Å². The Morgan fingerprint density at radius 1 is 1.27 bits per heavy atom. The fraction of sp³-hybridized carbons (Fsp3) is 0.318. The number of anilines is 1. The summed E-state index contributed by atoms with van der Waals surface area (Å²) in [7, 11) is 0. The Labute approximate surface area is 186 Å². The molecule has 1 atom stereocenters. The van der Waals surface area contributed by atoms with E-state index in [1.807, 2.05) is 18.2 Å². The van der Waals surface area contributed by atoms with Crippen molar-refractivity contribution in [3.8, 4) is 0 Å². The summed E-state index contributed by atoms with van der Waals surface area (Å²) in [6, 6.07) is 11.4. The molecule has 0 radical (unpaired) electrons. The summed E-state index contributed by atoms with van der Waals surface area (Å²) in [6.45, 7) is 1.73. The van der Waals surface area contributed by atoms with E-state index in [0.29, 0.717) is 16.1 Å². The van der Waals surface area contributed by atoms with Gasteiger partial charge in [-0.2, -0.15) is 0 Å². The third-order valence-corrected chi connectivity index (χ3v) is 6.51. The lowest BCUT2D eigenvalue weighted by molar-refractivity contribution is -0.113. The van der Waals surface area contributed by atoms with E-state index in [1.165, 1.54) is 27.5 Å². The summed E-state index contributed by atoms with van der Waals surface area (Å²) in [4.78, 5) is 30.0. The zero-order chi connectivity index (χ0) is 21.3. The molecule has 0 aliphatic heterocycles. The Morgan fingerprint density at radius 3 is 2.87 bits per heavy atom. The number of aliphatic hydroxyl groups is 1. The zero-order valence-corrected chi connectivity index (χ0v) is 18.9. The number of amides is 1. The van der Waals surface area contributed by atoms with Gasteiger partial charge in [0, 0.05) is 10.2 Å². The first-order chi connectivity index (χ1) is 14.4. The van der Waals surface area contributed by atoms with Crippen molar-refractivity contribution in [1.82, 2.24) is 9.55 Å². The lowest BCUT2D eigenvalue weighted by Crippen LogP contribution is -2.28. The molecule has 0 saturated heterocycles. The molecule has 30 heavy (non-hydrogen) atoms. The third-order valence-electron chi connectivity index (χ3n) is 5.04. The second-order valence-electron chi connectivity index (χ2n) is 7.49. The van der Waals surface area contributed by atoms with E-state index in [1.54, 1.807) is 19.1 Å². The molecule has 1 aromatic heterocycles. The molecule has 0 unspecified atom stereocenters. The van der Waals surface area contributed by atoms with E-state index in [4.69, 9.17) is 0 Å². The molecule has 1 aliphatic rings. The van der Waals surface area contributed by atoms with Crippen molar-refractivity contribution in [2.24, 2.45) is 0 Å². The smallest absolute Gasteiger partial charge is 0.262 e. The maximum absolute atomic E-state index is 13.0. The maximum atomic E-state index is 13.0. The molecule has 0 bridgehead atoms. The van der Waals surface area contributed by atoms with Gasteiger partial charge in [-0.25, -0.2) is 4.98 Å². The summed E-state index contributed by atoms with van der Waals surface area (Å²) >= 11 is 4.57. The number of nitrogens with zero attached hydrogens (tertiary/aromatic N) is 2. The molecule has 0 fully saturated rings. The monoisotopic (exact) mass is 487 g/mol. The van der Waals surface area contributed by atoms with Gasteiger partial charge < -0.3 is 10.4 Å². The molecule has 0 spiro atoms. The minimum absolute atomic E-state index is 0.114. The summed E-state index contributed by atoms with van der Waals surface area (Å²) in [5.74, 6) is -0.0440. The van der Waals surface area contributed by atoms with Gasteiger partial charge in [0.25, 0.3) is 5.56 Å². The maximum Gasteiger partial charge on any atom is 0.262 e. The van der Waals surface area contributed by atoms with E-state index in [0.717, 1.165) is 29.4 Å². The van der Waals surface area contributed by atoms with E-state index in [9.17, 15) is 14.7 Å². The molecule has 1 heterocycles. The quantitative estimate of drug-likeness (QED) is 0.408. The lowest BCUT2D eigenvalue weighted by atomic mass is 10.1. The van der Waals surface area contributed by atoms with Crippen molar-refractivity contribution in [3.05, 3.63) is 62.4 Å². The van der Waals surface area contributed by atoms with Gasteiger partial charge in [-0.1, -0.05) is 33.8 Å². The number of aliphatic hydroxyl groups excluding tert-OH is 1. The van der Waals surface area contributed by atoms with Crippen molar-refractivity contribution < 1.29 is 9.90 Å². The number of benzene rings is 2. The fourth-order valence-corrected chi connectivity index (χ4v) is 4.85. The Balaban J connectivity index is 1.54. The van der Waals surface area contributed by atoms with Gasteiger partial charge in [-0.05, 0) is 67.6 Å². The number of aromatic nitrogens is 2. The largest absolute Gasteiger partial charge is 0.392 e. The molecule has 2 N–H and O–H groups in total. The number of halogens is 1. The summed E-state index contributed by atoms with van der Waals surface area (Å²) in [6.07, 6.45) is 2.60. The molecule has 2 aromatic carbocycles. The predicted molar refractivity (Wildman–Crippen MR) is 123 cm³/mol. The van der Waals surface area contributed by atoms with Crippen LogP contribution < -0.4 is 10.9 Å². The minimum atomic E-state index is -0.714. The Hall–Kier alpha value is -2.16. The molecular weight excluding hydrogens is 466 g/mol. The fourth-order valence-electron chi connectivity index (χ4n) is 3.68. The summed E-state index contributed by atoms with van der Waals surface area (Å²) in [5, 5.41) is 13.7. The van der Waals surface area contributed by atoms with Crippen LogP contribution in [0.5, 0.6) is 0 Å². The second-order valence-corrected chi connectivity index (χ2v) is 9.35. The van der Waals surface area contributed by atoms with Gasteiger partial charge >= 0.3 is 0 Å². The number of carbonyl (C=O) groups excluding carboxylic acids is 1. The molecule has 0 saturated carbocycles. The normalized spacial score (nSPS) is 14.0. The van der Waals surface area contributed by atoms with Crippen LogP contribution in [0.15, 0.2) is 50.8 Å². The second kappa shape index (κ2) is 8.91. The third kappa shape index (κ3) is 4.61. The molecule has 4 rings (SSSR count). The first kappa shape index (κ1) is 21.1. The standard InChI is InChI=1S/C22H22BrN3O3S/c1-13(27)11-26-21(29)18-10-16(23)6-8-19(18)25-22(26)30-12-20(28)24-17-7-5-14-3-2-4-15(14)9-17/h5-10,13,27H,2-4,11-12H2,1H3,(H,24,28)/t13-/m0/s1. The van der Waals surface area contributed by atoms with Crippen LogP contribution >= 0.6 is 27.7 Å². The van der Waals surface area contributed by atoms with E-state index >= 15 is 0 Å². The van der Waals surface area contributed by atoms with Crippen molar-refractivity contribution in [1.29, 1.82) is 0 Å². The Bertz CT molecular complexity index is 1180. The Kier molecular flexibility index (Phi) is 6.26. The van der Waals surface area contributed by atoms with Gasteiger partial charge in [0.1, 0.15) is 0 Å². The molecule has 8 heteroatoms. The minimum Gasteiger partial charge on any atom is -0.392 e. The molecule has 1 aliphatic carbocycles. The van der Waals surface area contributed by atoms with Crippen LogP contribution in [0.3, 0.4) is 0 Å². The van der Waals surface area contributed by atoms with Crippen molar-refractivity contribution in [3.63, 3.8) is 0 Å². The SMILES string of the molecule is C[C@H](O)Cn1c(SCC(=O)Nc2ccc3c(c2)CCC3)nc2ccc(Br)cc2c1=O. The first-order valence-electron chi connectivity index (χ1n) is 9.83. The molecule has 6 nitrogen and oxygen atoms in total. The lowest BCUT2D eigenvalue weighted by Gasteiger charge is -2.14. The molecule has 1 amide bonds. The Morgan fingerprint density at radius 2 is 2.07 bits per heavy atom.